The van der Waals surface area contributed by atoms with Crippen LogP contribution in [0.2, 0.25) is 0 Å². The molecule has 0 bridgehead atoms. The molecule has 116 valence electrons. The fourth-order valence-electron chi connectivity index (χ4n) is 2.17. The summed E-state index contributed by atoms with van der Waals surface area (Å²) in [6.45, 7) is 0.387. The predicted molar refractivity (Wildman–Crippen MR) is 83.8 cm³/mol. The van der Waals surface area contributed by atoms with E-state index in [-0.39, 0.29) is 11.4 Å². The first-order chi connectivity index (χ1) is 11.2. The standard InChI is InChI=1S/C15H14N6O2/c1-23-15(22)12(8-16)14(20-21-17)18-7-6-10-9-19-13-5-3-2-4-11(10)13/h2-5,9,18-19H,6-7H2,1H3/b14-12+. The number of ether oxygens (including phenoxy) is 1. The van der Waals surface area contributed by atoms with Crippen molar-refractivity contribution >= 4 is 16.9 Å². The van der Waals surface area contributed by atoms with Gasteiger partial charge in [-0.15, -0.1) is 0 Å². The molecule has 1 aromatic carbocycles. The molecule has 0 fully saturated rings. The second kappa shape index (κ2) is 7.54. The lowest BCUT2D eigenvalue weighted by Crippen LogP contribution is -2.20. The molecule has 8 nitrogen and oxygen atoms in total. The van der Waals surface area contributed by atoms with Crippen molar-refractivity contribution in [2.24, 2.45) is 5.11 Å². The Morgan fingerprint density at radius 2 is 2.30 bits per heavy atom. The zero-order valence-electron chi connectivity index (χ0n) is 12.4. The highest BCUT2D eigenvalue weighted by Crippen LogP contribution is 2.18. The van der Waals surface area contributed by atoms with Crippen LogP contribution in [0.15, 0.2) is 47.0 Å². The Labute approximate surface area is 132 Å². The zero-order valence-corrected chi connectivity index (χ0v) is 12.4. The lowest BCUT2D eigenvalue weighted by atomic mass is 10.1. The normalized spacial score (nSPS) is 11.1. The van der Waals surface area contributed by atoms with Crippen LogP contribution in [0, 0.1) is 11.3 Å². The van der Waals surface area contributed by atoms with Gasteiger partial charge in [0.2, 0.25) is 0 Å². The number of benzene rings is 1. The van der Waals surface area contributed by atoms with Gasteiger partial charge in [-0.1, -0.05) is 18.2 Å². The predicted octanol–water partition coefficient (Wildman–Crippen LogP) is 2.52. The molecule has 0 saturated heterocycles. The summed E-state index contributed by atoms with van der Waals surface area (Å²) in [6, 6.07) is 9.55. The van der Waals surface area contributed by atoms with E-state index in [1.54, 1.807) is 6.07 Å². The smallest absolute Gasteiger partial charge is 0.350 e. The maximum absolute atomic E-state index is 11.5. The Bertz CT molecular complexity index is 839. The van der Waals surface area contributed by atoms with Gasteiger partial charge in [0.15, 0.2) is 5.57 Å². The van der Waals surface area contributed by atoms with Gasteiger partial charge >= 0.3 is 5.97 Å². The number of rotatable bonds is 6. The number of fused-ring (bicyclic) bond motifs is 1. The molecule has 0 unspecified atom stereocenters. The molecule has 0 radical (unpaired) electrons. The third-order valence-corrected chi connectivity index (χ3v) is 3.24. The number of nitrogens with one attached hydrogen (secondary N) is 2. The van der Waals surface area contributed by atoms with Crippen molar-refractivity contribution in [3.05, 3.63) is 57.9 Å². The number of nitrogens with zero attached hydrogens (tertiary/aromatic N) is 4. The van der Waals surface area contributed by atoms with Gasteiger partial charge in [-0.05, 0) is 28.7 Å². The Morgan fingerprint density at radius 3 is 3.00 bits per heavy atom. The third kappa shape index (κ3) is 3.61. The maximum Gasteiger partial charge on any atom is 0.350 e. The van der Waals surface area contributed by atoms with E-state index in [1.165, 1.54) is 0 Å². The maximum atomic E-state index is 11.5. The number of carbonyl (C=O) groups excluding carboxylic acids is 1. The van der Waals surface area contributed by atoms with Gasteiger partial charge in [-0.25, -0.2) is 4.79 Å². The number of carbonyl (C=O) groups is 1. The number of hydrogen-bond acceptors (Lipinski definition) is 5. The Kier molecular flexibility index (Phi) is 5.23. The summed E-state index contributed by atoms with van der Waals surface area (Å²) < 4.78 is 4.49. The number of esters is 1. The number of nitriles is 1. The van der Waals surface area contributed by atoms with E-state index in [2.05, 4.69) is 25.1 Å². The van der Waals surface area contributed by atoms with Gasteiger partial charge in [0.05, 0.1) is 7.11 Å². The fraction of sp³-hybridized carbons (Fsp3) is 0.200. The average Bonchev–Trinajstić information content (AvgIpc) is 2.98. The molecule has 1 aromatic heterocycles. The van der Waals surface area contributed by atoms with Crippen molar-refractivity contribution in [2.75, 3.05) is 13.7 Å². The molecule has 0 spiro atoms. The third-order valence-electron chi connectivity index (χ3n) is 3.24. The lowest BCUT2D eigenvalue weighted by molar-refractivity contribution is -0.135. The van der Waals surface area contributed by atoms with E-state index in [9.17, 15) is 4.79 Å². The van der Waals surface area contributed by atoms with Gasteiger partial charge in [-0.3, -0.25) is 0 Å². The Morgan fingerprint density at radius 1 is 1.52 bits per heavy atom. The van der Waals surface area contributed by atoms with Gasteiger partial charge in [0.1, 0.15) is 11.9 Å². The summed E-state index contributed by atoms with van der Waals surface area (Å²) in [5.41, 5.74) is 10.3. The molecule has 2 N–H and O–H groups in total. The van der Waals surface area contributed by atoms with E-state index in [0.29, 0.717) is 13.0 Å². The Hall–Kier alpha value is -3.43. The number of methoxy groups -OCH3 is 1. The highest BCUT2D eigenvalue weighted by atomic mass is 16.5. The van der Waals surface area contributed by atoms with E-state index < -0.39 is 5.97 Å². The highest BCUT2D eigenvalue weighted by molar-refractivity contribution is 5.93. The van der Waals surface area contributed by atoms with Crippen molar-refractivity contribution in [3.63, 3.8) is 0 Å². The average molecular weight is 310 g/mol. The molecular weight excluding hydrogens is 296 g/mol. The SMILES string of the molecule is COC(=O)/C(C#N)=C(/N=[N+]=[N-])NCCc1c[nH]c2ccccc12. The molecule has 0 aliphatic rings. The minimum Gasteiger partial charge on any atom is -0.465 e. The summed E-state index contributed by atoms with van der Waals surface area (Å²) in [5, 5.41) is 16.3. The first kappa shape index (κ1) is 15.9. The number of hydrogen-bond donors (Lipinski definition) is 2. The van der Waals surface area contributed by atoms with Crippen molar-refractivity contribution in [1.29, 1.82) is 5.26 Å². The van der Waals surface area contributed by atoms with Crippen LogP contribution in [0.4, 0.5) is 0 Å². The lowest BCUT2D eigenvalue weighted by Gasteiger charge is -2.07. The minimum atomic E-state index is -0.852. The van der Waals surface area contributed by atoms with Crippen LogP contribution in [-0.4, -0.2) is 24.6 Å². The molecule has 0 amide bonds. The number of H-pyrrole nitrogens is 1. The molecule has 1 heterocycles. The topological polar surface area (TPSA) is 127 Å². The van der Waals surface area contributed by atoms with Gasteiger partial charge in [0, 0.05) is 28.6 Å². The molecule has 0 saturated carbocycles. The van der Waals surface area contributed by atoms with E-state index >= 15 is 0 Å². The van der Waals surface area contributed by atoms with Crippen molar-refractivity contribution in [1.82, 2.24) is 10.3 Å². The fourth-order valence-corrected chi connectivity index (χ4v) is 2.17. The number of azide groups is 1. The molecule has 2 aromatic rings. The zero-order chi connectivity index (χ0) is 16.7. The molecule has 23 heavy (non-hydrogen) atoms. The number of aromatic amines is 1. The van der Waals surface area contributed by atoms with Gasteiger partial charge in [0.25, 0.3) is 0 Å². The van der Waals surface area contributed by atoms with Crippen molar-refractivity contribution < 1.29 is 9.53 Å². The van der Waals surface area contributed by atoms with Crippen molar-refractivity contribution in [3.8, 4) is 6.07 Å². The van der Waals surface area contributed by atoms with Gasteiger partial charge in [-0.2, -0.15) is 5.26 Å². The number of aromatic nitrogens is 1. The van der Waals surface area contributed by atoms with Crippen LogP contribution in [0.1, 0.15) is 5.56 Å². The molecule has 8 heteroatoms. The second-order valence-electron chi connectivity index (χ2n) is 4.55. The first-order valence-electron chi connectivity index (χ1n) is 6.78. The summed E-state index contributed by atoms with van der Waals surface area (Å²) in [4.78, 5) is 17.3. The van der Waals surface area contributed by atoms with Crippen LogP contribution in [-0.2, 0) is 16.0 Å². The van der Waals surface area contributed by atoms with E-state index in [1.807, 2.05) is 30.5 Å². The minimum absolute atomic E-state index is 0.137. The van der Waals surface area contributed by atoms with Crippen LogP contribution in [0.5, 0.6) is 0 Å². The molecular formula is C15H14N6O2. The molecule has 0 aliphatic heterocycles. The van der Waals surface area contributed by atoms with Crippen LogP contribution in [0.3, 0.4) is 0 Å². The van der Waals surface area contributed by atoms with E-state index in [0.717, 1.165) is 23.6 Å². The Balaban J connectivity index is 2.14. The van der Waals surface area contributed by atoms with Crippen LogP contribution < -0.4 is 5.32 Å². The molecule has 0 atom stereocenters. The molecule has 2 rings (SSSR count). The highest BCUT2D eigenvalue weighted by Gasteiger charge is 2.15. The number of para-hydroxylation sites is 1. The molecule has 0 aliphatic carbocycles. The second-order valence-corrected chi connectivity index (χ2v) is 4.55. The van der Waals surface area contributed by atoms with Crippen LogP contribution >= 0.6 is 0 Å². The van der Waals surface area contributed by atoms with Crippen LogP contribution in [0.25, 0.3) is 21.3 Å². The summed E-state index contributed by atoms with van der Waals surface area (Å²) in [5.74, 6) is -0.990. The van der Waals surface area contributed by atoms with Gasteiger partial charge < -0.3 is 15.0 Å². The van der Waals surface area contributed by atoms with E-state index in [4.69, 9.17) is 10.8 Å². The largest absolute Gasteiger partial charge is 0.465 e. The quantitative estimate of drug-likeness (QED) is 0.212. The summed E-state index contributed by atoms with van der Waals surface area (Å²) in [7, 11) is 1.15. The summed E-state index contributed by atoms with van der Waals surface area (Å²) in [6.07, 6.45) is 2.52. The first-order valence-corrected chi connectivity index (χ1v) is 6.78. The van der Waals surface area contributed by atoms with Crippen molar-refractivity contribution in [2.45, 2.75) is 6.42 Å². The summed E-state index contributed by atoms with van der Waals surface area (Å²) >= 11 is 0. The monoisotopic (exact) mass is 310 g/mol.